The molecule has 5 nitrogen and oxygen atoms in total. The van der Waals surface area contributed by atoms with Gasteiger partial charge in [0.1, 0.15) is 5.84 Å². The lowest BCUT2D eigenvalue weighted by Gasteiger charge is -2.28. The van der Waals surface area contributed by atoms with Gasteiger partial charge in [-0.2, -0.15) is 0 Å². The quantitative estimate of drug-likeness (QED) is 0.274. The second-order valence-electron chi connectivity index (χ2n) is 4.06. The summed E-state index contributed by atoms with van der Waals surface area (Å²) in [6, 6.07) is 0.249. The first-order valence-electron chi connectivity index (χ1n) is 5.59. The summed E-state index contributed by atoms with van der Waals surface area (Å²) in [5.74, 6) is 0.260. The van der Waals surface area contributed by atoms with Crippen molar-refractivity contribution in [2.75, 3.05) is 19.7 Å². The average Bonchev–Trinajstić information content (AvgIpc) is 2.50. The molecule has 88 valence electrons. The number of hydrogen-bond acceptors (Lipinski definition) is 4. The van der Waals surface area contributed by atoms with Gasteiger partial charge < -0.3 is 16.0 Å². The minimum Gasteiger partial charge on any atom is -0.409 e. The van der Waals surface area contributed by atoms with Crippen LogP contribution < -0.4 is 5.73 Å². The lowest BCUT2D eigenvalue weighted by atomic mass is 10.1. The highest BCUT2D eigenvalue weighted by Crippen LogP contribution is 2.16. The van der Waals surface area contributed by atoms with Crippen LogP contribution in [0.25, 0.3) is 0 Å². The molecule has 1 saturated heterocycles. The third-order valence-corrected chi connectivity index (χ3v) is 2.99. The predicted molar refractivity (Wildman–Crippen MR) is 58.9 cm³/mol. The number of oxime groups is 1. The third kappa shape index (κ3) is 4.05. The Morgan fingerprint density at radius 2 is 2.20 bits per heavy atom. The summed E-state index contributed by atoms with van der Waals surface area (Å²) in [6.45, 7) is 1.97. The van der Waals surface area contributed by atoms with Gasteiger partial charge in [0, 0.05) is 19.0 Å². The summed E-state index contributed by atoms with van der Waals surface area (Å²) in [4.78, 5) is 2.24. The van der Waals surface area contributed by atoms with Gasteiger partial charge in [0.25, 0.3) is 0 Å². The standard InChI is InChI=1S/C10H21N3O2/c11-10(12-15)5-7-13-6-3-1-2-4-9(13)8-14/h9,14-15H,1-8H2,(H2,11,12). The van der Waals surface area contributed by atoms with Crippen LogP contribution >= 0.6 is 0 Å². The van der Waals surface area contributed by atoms with E-state index in [0.717, 1.165) is 19.5 Å². The fourth-order valence-electron chi connectivity index (χ4n) is 2.05. The zero-order valence-electron chi connectivity index (χ0n) is 9.10. The Kier molecular flexibility index (Phi) is 5.42. The fraction of sp³-hybridized carbons (Fsp3) is 0.900. The molecule has 1 rings (SSSR count). The van der Waals surface area contributed by atoms with Crippen LogP contribution in [-0.4, -0.2) is 46.8 Å². The Balaban J connectivity index is 2.41. The summed E-state index contributed by atoms with van der Waals surface area (Å²) < 4.78 is 0. The summed E-state index contributed by atoms with van der Waals surface area (Å²) in [5, 5.41) is 20.6. The van der Waals surface area contributed by atoms with Gasteiger partial charge in [-0.1, -0.05) is 18.0 Å². The van der Waals surface area contributed by atoms with Crippen molar-refractivity contribution >= 4 is 5.84 Å². The largest absolute Gasteiger partial charge is 0.409 e. The molecule has 1 heterocycles. The number of nitrogens with zero attached hydrogens (tertiary/aromatic N) is 2. The number of aliphatic hydroxyl groups excluding tert-OH is 1. The Labute approximate surface area is 90.6 Å². The van der Waals surface area contributed by atoms with E-state index in [4.69, 9.17) is 10.9 Å². The van der Waals surface area contributed by atoms with Crippen LogP contribution in [0.1, 0.15) is 32.1 Å². The van der Waals surface area contributed by atoms with E-state index in [2.05, 4.69) is 10.1 Å². The van der Waals surface area contributed by atoms with E-state index in [1.165, 1.54) is 19.3 Å². The molecule has 15 heavy (non-hydrogen) atoms. The van der Waals surface area contributed by atoms with Crippen molar-refractivity contribution in [2.45, 2.75) is 38.1 Å². The SMILES string of the molecule is NC(CCN1CCCCCC1CO)=NO. The van der Waals surface area contributed by atoms with Crippen molar-refractivity contribution in [1.82, 2.24) is 4.90 Å². The van der Waals surface area contributed by atoms with Crippen molar-refractivity contribution in [2.24, 2.45) is 10.9 Å². The Morgan fingerprint density at radius 1 is 1.40 bits per heavy atom. The summed E-state index contributed by atoms with van der Waals surface area (Å²) in [7, 11) is 0. The highest BCUT2D eigenvalue weighted by molar-refractivity contribution is 5.79. The third-order valence-electron chi connectivity index (χ3n) is 2.99. The predicted octanol–water partition coefficient (Wildman–Crippen LogP) is 0.360. The fourth-order valence-corrected chi connectivity index (χ4v) is 2.05. The monoisotopic (exact) mass is 215 g/mol. The molecule has 5 heteroatoms. The summed E-state index contributed by atoms with van der Waals surface area (Å²) in [6.07, 6.45) is 5.20. The van der Waals surface area contributed by atoms with Crippen LogP contribution in [0, 0.1) is 0 Å². The van der Waals surface area contributed by atoms with Gasteiger partial charge in [-0.05, 0) is 19.4 Å². The van der Waals surface area contributed by atoms with Crippen LogP contribution in [-0.2, 0) is 0 Å². The number of rotatable bonds is 4. The van der Waals surface area contributed by atoms with Gasteiger partial charge >= 0.3 is 0 Å². The molecule has 1 unspecified atom stereocenters. The molecule has 0 saturated carbocycles. The lowest BCUT2D eigenvalue weighted by molar-refractivity contribution is 0.127. The van der Waals surface area contributed by atoms with Crippen LogP contribution in [0.2, 0.25) is 0 Å². The molecule has 0 spiro atoms. The van der Waals surface area contributed by atoms with Gasteiger partial charge in [-0.3, -0.25) is 4.90 Å². The van der Waals surface area contributed by atoms with Crippen molar-refractivity contribution in [1.29, 1.82) is 0 Å². The maximum absolute atomic E-state index is 9.26. The van der Waals surface area contributed by atoms with E-state index in [1.54, 1.807) is 0 Å². The average molecular weight is 215 g/mol. The second kappa shape index (κ2) is 6.63. The van der Waals surface area contributed by atoms with E-state index in [0.29, 0.717) is 6.42 Å². The minimum atomic E-state index is 0.205. The first-order chi connectivity index (χ1) is 7.27. The first kappa shape index (κ1) is 12.3. The highest BCUT2D eigenvalue weighted by Gasteiger charge is 2.19. The van der Waals surface area contributed by atoms with E-state index >= 15 is 0 Å². The molecular formula is C10H21N3O2. The zero-order valence-corrected chi connectivity index (χ0v) is 9.10. The second-order valence-corrected chi connectivity index (χ2v) is 4.06. The number of nitrogens with two attached hydrogens (primary N) is 1. The van der Waals surface area contributed by atoms with Gasteiger partial charge in [-0.15, -0.1) is 0 Å². The molecule has 1 aliphatic heterocycles. The van der Waals surface area contributed by atoms with Crippen molar-refractivity contribution < 1.29 is 10.3 Å². The molecule has 0 bridgehead atoms. The van der Waals surface area contributed by atoms with Gasteiger partial charge in [0.2, 0.25) is 0 Å². The van der Waals surface area contributed by atoms with Gasteiger partial charge in [0.15, 0.2) is 0 Å². The number of likely N-dealkylation sites (tertiary alicyclic amines) is 1. The first-order valence-corrected chi connectivity index (χ1v) is 5.59. The highest BCUT2D eigenvalue weighted by atomic mass is 16.4. The molecule has 4 N–H and O–H groups in total. The summed E-state index contributed by atoms with van der Waals surface area (Å²) in [5.41, 5.74) is 5.43. The molecule has 0 aromatic carbocycles. The Bertz CT molecular complexity index is 209. The van der Waals surface area contributed by atoms with E-state index in [-0.39, 0.29) is 18.5 Å². The van der Waals surface area contributed by atoms with E-state index in [1.807, 2.05) is 0 Å². The van der Waals surface area contributed by atoms with Crippen LogP contribution in [0.4, 0.5) is 0 Å². The van der Waals surface area contributed by atoms with Crippen LogP contribution in [0.5, 0.6) is 0 Å². The Hall–Kier alpha value is -0.810. The van der Waals surface area contributed by atoms with Crippen molar-refractivity contribution in [3.63, 3.8) is 0 Å². The zero-order chi connectivity index (χ0) is 11.1. The molecule has 0 amide bonds. The topological polar surface area (TPSA) is 82.1 Å². The molecule has 0 aromatic heterocycles. The van der Waals surface area contributed by atoms with Crippen molar-refractivity contribution in [3.05, 3.63) is 0 Å². The maximum atomic E-state index is 9.26. The van der Waals surface area contributed by atoms with Crippen molar-refractivity contribution in [3.8, 4) is 0 Å². The smallest absolute Gasteiger partial charge is 0.140 e. The number of aliphatic hydroxyl groups is 1. The molecule has 0 aromatic rings. The van der Waals surface area contributed by atoms with Crippen LogP contribution in [0.15, 0.2) is 5.16 Å². The Morgan fingerprint density at radius 3 is 2.87 bits per heavy atom. The molecule has 1 aliphatic rings. The van der Waals surface area contributed by atoms with Crippen LogP contribution in [0.3, 0.4) is 0 Å². The molecule has 1 atom stereocenters. The molecule has 0 radical (unpaired) electrons. The van der Waals surface area contributed by atoms with E-state index < -0.39 is 0 Å². The molecule has 1 fully saturated rings. The molecule has 0 aliphatic carbocycles. The molecular weight excluding hydrogens is 194 g/mol. The maximum Gasteiger partial charge on any atom is 0.140 e. The lowest BCUT2D eigenvalue weighted by Crippen LogP contribution is -2.39. The van der Waals surface area contributed by atoms with Gasteiger partial charge in [0.05, 0.1) is 6.61 Å². The number of hydrogen-bond donors (Lipinski definition) is 3. The van der Waals surface area contributed by atoms with E-state index in [9.17, 15) is 5.11 Å². The minimum absolute atomic E-state index is 0.205. The normalized spacial score (nSPS) is 25.1. The van der Waals surface area contributed by atoms with Gasteiger partial charge in [-0.25, -0.2) is 0 Å². The number of amidine groups is 1. The summed E-state index contributed by atoms with van der Waals surface area (Å²) >= 11 is 0.